The van der Waals surface area contributed by atoms with Gasteiger partial charge in [0.15, 0.2) is 0 Å². The summed E-state index contributed by atoms with van der Waals surface area (Å²) in [6.07, 6.45) is 2.94. The number of rotatable bonds is 11. The van der Waals surface area contributed by atoms with Crippen molar-refractivity contribution >= 4 is 29.6 Å². The average Bonchev–Trinajstić information content (AvgIpc) is 3.71. The Hall–Kier alpha value is -3.43. The molecule has 2 saturated carbocycles. The van der Waals surface area contributed by atoms with Crippen molar-refractivity contribution in [3.8, 4) is 0 Å². The fourth-order valence-electron chi connectivity index (χ4n) is 7.07. The van der Waals surface area contributed by atoms with Gasteiger partial charge in [-0.3, -0.25) is 19.2 Å². The lowest BCUT2D eigenvalue weighted by molar-refractivity contribution is -0.144. The molecule has 228 valence electrons. The highest BCUT2D eigenvalue weighted by Crippen LogP contribution is 2.65. The third-order valence-electron chi connectivity index (χ3n) is 9.75. The van der Waals surface area contributed by atoms with Gasteiger partial charge in [-0.1, -0.05) is 64.8 Å². The molecule has 1 aliphatic heterocycles. The monoisotopic (exact) mass is 580 g/mol. The fraction of sp³-hybridized carbons (Fsp3) is 0.656. The molecule has 3 N–H and O–H groups in total. The first-order valence-electron chi connectivity index (χ1n) is 15.3. The molecule has 42 heavy (non-hydrogen) atoms. The molecule has 1 heterocycles. The van der Waals surface area contributed by atoms with E-state index in [1.807, 2.05) is 38.1 Å². The number of fused-ring (bicyclic) bond motifs is 2. The average molecular weight is 581 g/mol. The summed E-state index contributed by atoms with van der Waals surface area (Å²) >= 11 is 0. The smallest absolute Gasteiger partial charge is 0.407 e. The van der Waals surface area contributed by atoms with Crippen LogP contribution < -0.4 is 16.0 Å². The van der Waals surface area contributed by atoms with Crippen molar-refractivity contribution in [1.29, 1.82) is 0 Å². The van der Waals surface area contributed by atoms with E-state index in [0.29, 0.717) is 31.7 Å². The van der Waals surface area contributed by atoms with Crippen LogP contribution in [0.25, 0.3) is 0 Å². The number of carbonyl (C=O) groups excluding carboxylic acids is 5. The second-order valence-corrected chi connectivity index (χ2v) is 13.6. The molecule has 10 heteroatoms. The number of hydrogen-bond acceptors (Lipinski definition) is 6. The maximum absolute atomic E-state index is 14.4. The zero-order chi connectivity index (χ0) is 30.3. The highest BCUT2D eigenvalue weighted by Gasteiger charge is 2.69. The van der Waals surface area contributed by atoms with Crippen LogP contribution in [-0.2, 0) is 36.8 Å². The quantitative estimate of drug-likeness (QED) is 0.344. The number of amides is 4. The van der Waals surface area contributed by atoms with Gasteiger partial charge >= 0.3 is 6.09 Å². The minimum Gasteiger partial charge on any atom is -0.449 e. The number of nitrogens with one attached hydrogen (secondary N) is 3. The van der Waals surface area contributed by atoms with E-state index in [1.165, 1.54) is 7.05 Å². The predicted octanol–water partition coefficient (Wildman–Crippen LogP) is 2.24. The highest BCUT2D eigenvalue weighted by atomic mass is 16.5. The molecule has 0 aromatic heterocycles. The topological polar surface area (TPSA) is 134 Å². The van der Waals surface area contributed by atoms with Gasteiger partial charge in [0.1, 0.15) is 12.1 Å². The number of nitrogens with zero attached hydrogens (tertiary/aromatic N) is 1. The number of ketones is 1. The van der Waals surface area contributed by atoms with Gasteiger partial charge in [-0.15, -0.1) is 0 Å². The number of likely N-dealkylation sites (N-methyl/N-ethyl adjacent to an activating group) is 1. The Balaban J connectivity index is 1.38. The van der Waals surface area contributed by atoms with Crippen LogP contribution in [0, 0.1) is 35.0 Å². The predicted molar refractivity (Wildman–Crippen MR) is 155 cm³/mol. The molecule has 1 aromatic rings. The summed E-state index contributed by atoms with van der Waals surface area (Å²) in [5.74, 6) is -1.84. The first-order valence-corrected chi connectivity index (χ1v) is 15.3. The molecule has 5 atom stereocenters. The number of benzene rings is 1. The molecule has 1 aromatic carbocycles. The van der Waals surface area contributed by atoms with Crippen LogP contribution in [0.5, 0.6) is 0 Å². The lowest BCUT2D eigenvalue weighted by atomic mass is 9.93. The van der Waals surface area contributed by atoms with E-state index in [9.17, 15) is 24.0 Å². The number of alkyl carbamates (subject to hydrolysis) is 1. The SMILES string of the molecule is CNC(=O)C(=O)C(CC1CC1)NC(=O)C1[C@@H]2C(CN1C(=O)[C@@H](NC(=O)OCC(C)C)C1Cc3ccccc3C1)C2(C)C. The Kier molecular flexibility index (Phi) is 8.36. The van der Waals surface area contributed by atoms with Gasteiger partial charge in [-0.05, 0) is 65.4 Å². The Morgan fingerprint density at radius 2 is 1.67 bits per heavy atom. The van der Waals surface area contributed by atoms with Gasteiger partial charge in [0.05, 0.1) is 12.6 Å². The molecule has 5 rings (SSSR count). The van der Waals surface area contributed by atoms with Crippen molar-refractivity contribution in [3.63, 3.8) is 0 Å². The molecule has 0 bridgehead atoms. The van der Waals surface area contributed by atoms with E-state index in [0.717, 1.165) is 24.0 Å². The second kappa shape index (κ2) is 11.7. The number of Topliss-reactive ketones (excluding diaryl/α,β-unsaturated/α-hetero) is 1. The molecule has 3 aliphatic carbocycles. The van der Waals surface area contributed by atoms with Crippen LogP contribution in [0.2, 0.25) is 0 Å². The molecule has 0 radical (unpaired) electrons. The van der Waals surface area contributed by atoms with Gasteiger partial charge in [-0.2, -0.15) is 0 Å². The van der Waals surface area contributed by atoms with E-state index in [4.69, 9.17) is 4.74 Å². The van der Waals surface area contributed by atoms with E-state index < -0.39 is 41.8 Å². The zero-order valence-electron chi connectivity index (χ0n) is 25.3. The maximum Gasteiger partial charge on any atom is 0.407 e. The van der Waals surface area contributed by atoms with Crippen molar-refractivity contribution in [2.24, 2.45) is 35.0 Å². The molecule has 3 fully saturated rings. The van der Waals surface area contributed by atoms with Crippen LogP contribution in [0.3, 0.4) is 0 Å². The zero-order valence-corrected chi connectivity index (χ0v) is 25.3. The Morgan fingerprint density at radius 1 is 1.02 bits per heavy atom. The van der Waals surface area contributed by atoms with Gasteiger partial charge in [0.25, 0.3) is 5.91 Å². The maximum atomic E-state index is 14.4. The van der Waals surface area contributed by atoms with Crippen molar-refractivity contribution in [2.45, 2.75) is 77.9 Å². The summed E-state index contributed by atoms with van der Waals surface area (Å²) < 4.78 is 5.40. The van der Waals surface area contributed by atoms with Crippen molar-refractivity contribution in [2.75, 3.05) is 20.2 Å². The van der Waals surface area contributed by atoms with Gasteiger partial charge < -0.3 is 25.6 Å². The second-order valence-electron chi connectivity index (χ2n) is 13.6. The molecule has 4 amide bonds. The van der Waals surface area contributed by atoms with Crippen LogP contribution >= 0.6 is 0 Å². The highest BCUT2D eigenvalue weighted by molar-refractivity contribution is 6.38. The lowest BCUT2D eigenvalue weighted by Crippen LogP contribution is -2.59. The first-order chi connectivity index (χ1) is 19.9. The van der Waals surface area contributed by atoms with Crippen LogP contribution in [-0.4, -0.2) is 72.8 Å². The van der Waals surface area contributed by atoms with Crippen molar-refractivity contribution < 1.29 is 28.7 Å². The minimum atomic E-state index is -0.938. The minimum absolute atomic E-state index is 0.0764. The summed E-state index contributed by atoms with van der Waals surface area (Å²) in [6.45, 7) is 8.69. The summed E-state index contributed by atoms with van der Waals surface area (Å²) in [7, 11) is 1.39. The van der Waals surface area contributed by atoms with Crippen LogP contribution in [0.15, 0.2) is 24.3 Å². The molecule has 1 saturated heterocycles. The first kappa shape index (κ1) is 30.0. The van der Waals surface area contributed by atoms with Crippen LogP contribution in [0.1, 0.15) is 58.1 Å². The summed E-state index contributed by atoms with van der Waals surface area (Å²) in [6, 6.07) is 5.42. The summed E-state index contributed by atoms with van der Waals surface area (Å²) in [5.41, 5.74) is 2.15. The summed E-state index contributed by atoms with van der Waals surface area (Å²) in [5, 5.41) is 8.10. The third-order valence-corrected chi connectivity index (χ3v) is 9.75. The summed E-state index contributed by atoms with van der Waals surface area (Å²) in [4.78, 5) is 67.8. The Labute approximate surface area is 247 Å². The molecular formula is C32H44N4O6. The standard InChI is InChI=1S/C32H44N4O6/c1-17(2)16-42-31(41)35-25(21-13-19-8-6-7-9-20(19)14-21)30(40)36-15-22-24(32(22,3)4)26(36)28(38)34-23(12-18-10-11-18)27(37)29(39)33-5/h6-9,17-18,21-26H,10-16H2,1-5H3,(H,33,39)(H,34,38)(H,35,41)/t22?,23?,24-,25-,26?/m0/s1. The van der Waals surface area contributed by atoms with E-state index in [2.05, 4.69) is 29.8 Å². The van der Waals surface area contributed by atoms with Crippen molar-refractivity contribution in [3.05, 3.63) is 35.4 Å². The van der Waals surface area contributed by atoms with Gasteiger partial charge in [0.2, 0.25) is 17.6 Å². The van der Waals surface area contributed by atoms with Crippen LogP contribution in [0.4, 0.5) is 4.79 Å². The number of ether oxygens (including phenoxy) is 1. The number of likely N-dealkylation sites (tertiary alicyclic amines) is 1. The van der Waals surface area contributed by atoms with E-state index in [-0.39, 0.29) is 41.6 Å². The Morgan fingerprint density at radius 3 is 2.24 bits per heavy atom. The molecule has 4 aliphatic rings. The van der Waals surface area contributed by atoms with Gasteiger partial charge in [0, 0.05) is 13.6 Å². The number of hydrogen-bond donors (Lipinski definition) is 3. The number of piperidine rings is 1. The van der Waals surface area contributed by atoms with Gasteiger partial charge in [-0.25, -0.2) is 4.79 Å². The Bertz CT molecular complexity index is 1230. The largest absolute Gasteiger partial charge is 0.449 e. The molecule has 10 nitrogen and oxygen atoms in total. The molecule has 0 spiro atoms. The van der Waals surface area contributed by atoms with E-state index >= 15 is 0 Å². The fourth-order valence-corrected chi connectivity index (χ4v) is 7.07. The molecule has 3 unspecified atom stereocenters. The van der Waals surface area contributed by atoms with E-state index in [1.54, 1.807) is 4.90 Å². The normalized spacial score (nSPS) is 25.2. The number of carbonyl (C=O) groups is 5. The van der Waals surface area contributed by atoms with Crippen molar-refractivity contribution in [1.82, 2.24) is 20.9 Å². The third kappa shape index (κ3) is 6.03. The molecular weight excluding hydrogens is 536 g/mol. The lowest BCUT2D eigenvalue weighted by Gasteiger charge is -2.35.